The number of hydrogen-bond donors (Lipinski definition) is 1. The molecular formula is C23H30N4O2. The molecule has 154 valence electrons. The summed E-state index contributed by atoms with van der Waals surface area (Å²) >= 11 is 0. The van der Waals surface area contributed by atoms with Crippen LogP contribution in [0, 0.1) is 5.92 Å². The normalized spacial score (nSPS) is 16.8. The van der Waals surface area contributed by atoms with Crippen molar-refractivity contribution in [2.24, 2.45) is 5.92 Å². The second-order valence-corrected chi connectivity index (χ2v) is 7.66. The molecule has 1 fully saturated rings. The summed E-state index contributed by atoms with van der Waals surface area (Å²) in [4.78, 5) is 34.1. The lowest BCUT2D eigenvalue weighted by Gasteiger charge is -2.37. The summed E-state index contributed by atoms with van der Waals surface area (Å²) in [6, 6.07) is 12.6. The molecule has 0 spiro atoms. The zero-order valence-electron chi connectivity index (χ0n) is 17.3. The molecule has 0 saturated carbocycles. The van der Waals surface area contributed by atoms with Crippen LogP contribution in [-0.2, 0) is 11.3 Å². The summed E-state index contributed by atoms with van der Waals surface area (Å²) in [6.07, 6.45) is 4.44. The van der Waals surface area contributed by atoms with Crippen LogP contribution >= 0.6 is 0 Å². The van der Waals surface area contributed by atoms with Gasteiger partial charge in [-0.15, -0.1) is 0 Å². The smallest absolute Gasteiger partial charge is 0.251 e. The Kier molecular flexibility index (Phi) is 7.36. The molecular weight excluding hydrogens is 364 g/mol. The van der Waals surface area contributed by atoms with Crippen LogP contribution in [0.3, 0.4) is 0 Å². The van der Waals surface area contributed by atoms with Crippen molar-refractivity contribution in [3.63, 3.8) is 0 Å². The summed E-state index contributed by atoms with van der Waals surface area (Å²) in [5.41, 5.74) is 1.81. The third-order valence-corrected chi connectivity index (χ3v) is 5.64. The number of benzene rings is 1. The maximum absolute atomic E-state index is 13.2. The molecule has 0 radical (unpaired) electrons. The number of nitrogens with one attached hydrogen (secondary N) is 1. The van der Waals surface area contributed by atoms with Crippen LogP contribution in [0.5, 0.6) is 0 Å². The van der Waals surface area contributed by atoms with E-state index in [1.54, 1.807) is 24.5 Å². The van der Waals surface area contributed by atoms with Gasteiger partial charge in [0.05, 0.1) is 0 Å². The number of rotatable bonds is 7. The van der Waals surface area contributed by atoms with Gasteiger partial charge in [-0.05, 0) is 35.7 Å². The molecule has 0 aliphatic carbocycles. The van der Waals surface area contributed by atoms with Crippen molar-refractivity contribution >= 4 is 11.8 Å². The predicted molar refractivity (Wildman–Crippen MR) is 113 cm³/mol. The molecule has 0 unspecified atom stereocenters. The number of hydrogen-bond acceptors (Lipinski definition) is 4. The van der Waals surface area contributed by atoms with Gasteiger partial charge in [-0.3, -0.25) is 19.5 Å². The van der Waals surface area contributed by atoms with Crippen molar-refractivity contribution in [1.29, 1.82) is 0 Å². The molecule has 6 heteroatoms. The fourth-order valence-corrected chi connectivity index (χ4v) is 3.57. The second-order valence-electron chi connectivity index (χ2n) is 7.66. The van der Waals surface area contributed by atoms with Crippen LogP contribution in [0.25, 0.3) is 0 Å². The highest BCUT2D eigenvalue weighted by Gasteiger charge is 2.31. The maximum atomic E-state index is 13.2. The Morgan fingerprint density at radius 1 is 1.03 bits per heavy atom. The lowest BCUT2D eigenvalue weighted by molar-refractivity contribution is -0.136. The van der Waals surface area contributed by atoms with Crippen molar-refractivity contribution in [1.82, 2.24) is 20.1 Å². The van der Waals surface area contributed by atoms with Crippen LogP contribution < -0.4 is 5.32 Å². The van der Waals surface area contributed by atoms with E-state index in [4.69, 9.17) is 0 Å². The molecule has 2 atom stereocenters. The van der Waals surface area contributed by atoms with Crippen molar-refractivity contribution in [2.45, 2.75) is 32.9 Å². The standard InChI is InChI=1S/C23H30N4O2/c1-3-18(2)21(25-22(28)20-7-5-4-6-8-20)23(29)27-15-13-26(14-16-27)17-19-9-11-24-12-10-19/h4-12,18,21H,3,13-17H2,1-2H3,(H,25,28)/t18-,21-/m0/s1. The summed E-state index contributed by atoms with van der Waals surface area (Å²) < 4.78 is 0. The third-order valence-electron chi connectivity index (χ3n) is 5.64. The van der Waals surface area contributed by atoms with Gasteiger partial charge in [-0.1, -0.05) is 38.5 Å². The van der Waals surface area contributed by atoms with Gasteiger partial charge in [0, 0.05) is 50.7 Å². The number of pyridine rings is 1. The SMILES string of the molecule is CC[C@H](C)[C@H](NC(=O)c1ccccc1)C(=O)N1CCN(Cc2ccncc2)CC1. The number of piperazine rings is 1. The Hall–Kier alpha value is -2.73. The molecule has 0 bridgehead atoms. The van der Waals surface area contributed by atoms with E-state index in [2.05, 4.69) is 15.2 Å². The summed E-state index contributed by atoms with van der Waals surface area (Å²) in [5.74, 6) is -0.0993. The number of nitrogens with zero attached hydrogens (tertiary/aromatic N) is 3. The fourth-order valence-electron chi connectivity index (χ4n) is 3.57. The molecule has 29 heavy (non-hydrogen) atoms. The van der Waals surface area contributed by atoms with Gasteiger partial charge in [0.15, 0.2) is 0 Å². The average molecular weight is 395 g/mol. The van der Waals surface area contributed by atoms with Gasteiger partial charge in [-0.2, -0.15) is 0 Å². The minimum atomic E-state index is -0.501. The first-order chi connectivity index (χ1) is 14.1. The van der Waals surface area contributed by atoms with E-state index >= 15 is 0 Å². The highest BCUT2D eigenvalue weighted by molar-refractivity contribution is 5.97. The quantitative estimate of drug-likeness (QED) is 0.784. The van der Waals surface area contributed by atoms with Crippen LogP contribution in [0.15, 0.2) is 54.9 Å². The fraction of sp³-hybridized carbons (Fsp3) is 0.435. The highest BCUT2D eigenvalue weighted by Crippen LogP contribution is 2.15. The van der Waals surface area contributed by atoms with Crippen LogP contribution in [0.2, 0.25) is 0 Å². The first-order valence-corrected chi connectivity index (χ1v) is 10.3. The van der Waals surface area contributed by atoms with E-state index in [1.165, 1.54) is 5.56 Å². The lowest BCUT2D eigenvalue weighted by Crippen LogP contribution is -2.56. The first-order valence-electron chi connectivity index (χ1n) is 10.3. The molecule has 1 N–H and O–H groups in total. The van der Waals surface area contributed by atoms with Gasteiger partial charge in [0.2, 0.25) is 5.91 Å². The van der Waals surface area contributed by atoms with E-state index < -0.39 is 6.04 Å². The number of aromatic nitrogens is 1. The minimum Gasteiger partial charge on any atom is -0.340 e. The van der Waals surface area contributed by atoms with E-state index in [-0.39, 0.29) is 17.7 Å². The molecule has 3 rings (SSSR count). The van der Waals surface area contributed by atoms with E-state index in [1.807, 2.05) is 49.1 Å². The van der Waals surface area contributed by atoms with Crippen molar-refractivity contribution < 1.29 is 9.59 Å². The van der Waals surface area contributed by atoms with E-state index in [0.717, 1.165) is 26.1 Å². The molecule has 1 aromatic carbocycles. The Labute approximate surface area is 172 Å². The van der Waals surface area contributed by atoms with Gasteiger partial charge >= 0.3 is 0 Å². The monoisotopic (exact) mass is 394 g/mol. The van der Waals surface area contributed by atoms with Crippen LogP contribution in [-0.4, -0.2) is 58.8 Å². The topological polar surface area (TPSA) is 65.5 Å². The Bertz CT molecular complexity index is 789. The number of carbonyl (C=O) groups excluding carboxylic acids is 2. The molecule has 2 aromatic rings. The van der Waals surface area contributed by atoms with Gasteiger partial charge < -0.3 is 10.2 Å². The van der Waals surface area contributed by atoms with Crippen molar-refractivity contribution in [3.05, 3.63) is 66.0 Å². The second kappa shape index (κ2) is 10.2. The average Bonchev–Trinajstić information content (AvgIpc) is 2.78. The summed E-state index contributed by atoms with van der Waals surface area (Å²) in [7, 11) is 0. The number of amides is 2. The van der Waals surface area contributed by atoms with Crippen molar-refractivity contribution in [3.8, 4) is 0 Å². The van der Waals surface area contributed by atoms with E-state index in [0.29, 0.717) is 18.7 Å². The molecule has 1 aliphatic rings. The Morgan fingerprint density at radius 3 is 2.31 bits per heavy atom. The number of carbonyl (C=O) groups is 2. The first kappa shape index (κ1) is 21.0. The summed E-state index contributed by atoms with van der Waals surface area (Å²) in [6.45, 7) is 7.95. The molecule has 6 nitrogen and oxygen atoms in total. The lowest BCUT2D eigenvalue weighted by atomic mass is 9.97. The molecule has 1 aromatic heterocycles. The van der Waals surface area contributed by atoms with Gasteiger partial charge in [0.25, 0.3) is 5.91 Å². The predicted octanol–water partition coefficient (Wildman–Crippen LogP) is 2.57. The molecule has 2 amide bonds. The molecule has 1 aliphatic heterocycles. The largest absolute Gasteiger partial charge is 0.340 e. The highest BCUT2D eigenvalue weighted by atomic mass is 16.2. The Morgan fingerprint density at radius 2 is 1.69 bits per heavy atom. The molecule has 2 heterocycles. The third kappa shape index (κ3) is 5.64. The zero-order chi connectivity index (χ0) is 20.6. The maximum Gasteiger partial charge on any atom is 0.251 e. The van der Waals surface area contributed by atoms with Crippen molar-refractivity contribution in [2.75, 3.05) is 26.2 Å². The van der Waals surface area contributed by atoms with Gasteiger partial charge in [-0.25, -0.2) is 0 Å². The zero-order valence-corrected chi connectivity index (χ0v) is 17.3. The van der Waals surface area contributed by atoms with Gasteiger partial charge in [0.1, 0.15) is 6.04 Å². The molecule has 1 saturated heterocycles. The van der Waals surface area contributed by atoms with Crippen LogP contribution in [0.1, 0.15) is 36.2 Å². The Balaban J connectivity index is 1.59. The van der Waals surface area contributed by atoms with E-state index in [9.17, 15) is 9.59 Å². The minimum absolute atomic E-state index is 0.0205. The summed E-state index contributed by atoms with van der Waals surface area (Å²) in [5, 5.41) is 2.98. The van der Waals surface area contributed by atoms with Crippen LogP contribution in [0.4, 0.5) is 0 Å².